The van der Waals surface area contributed by atoms with Crippen LogP contribution in [0.15, 0.2) is 18.2 Å². The lowest BCUT2D eigenvalue weighted by Gasteiger charge is -2.26. The Balaban J connectivity index is 1.61. The number of anilines is 1. The van der Waals surface area contributed by atoms with Crippen LogP contribution in [0.2, 0.25) is 0 Å². The SMILES string of the molecule is O=C(CC1CCN(C(=O)C2CCCCC2)C1)Nc1cc(C(F)(F)F)cc(C(F)(F)F)c1. The van der Waals surface area contributed by atoms with Crippen molar-refractivity contribution in [3.63, 3.8) is 0 Å². The summed E-state index contributed by atoms with van der Waals surface area (Å²) in [6.45, 7) is 0.883. The molecule has 0 radical (unpaired) electrons. The van der Waals surface area contributed by atoms with E-state index < -0.39 is 35.1 Å². The normalized spacial score (nSPS) is 20.7. The zero-order chi connectivity index (χ0) is 22.8. The molecule has 3 rings (SSSR count). The molecule has 172 valence electrons. The summed E-state index contributed by atoms with van der Waals surface area (Å²) in [5.74, 6) is -0.771. The fraction of sp³-hybridized carbons (Fsp3) is 0.619. The number of nitrogens with zero attached hydrogens (tertiary/aromatic N) is 1. The molecule has 2 fully saturated rings. The van der Waals surface area contributed by atoms with Gasteiger partial charge in [-0.05, 0) is 43.4 Å². The summed E-state index contributed by atoms with van der Waals surface area (Å²) < 4.78 is 77.7. The Kier molecular flexibility index (Phi) is 6.85. The Morgan fingerprint density at radius 3 is 2.03 bits per heavy atom. The maximum absolute atomic E-state index is 13.0. The van der Waals surface area contributed by atoms with Gasteiger partial charge in [-0.3, -0.25) is 9.59 Å². The summed E-state index contributed by atoms with van der Waals surface area (Å²) in [6.07, 6.45) is -4.58. The van der Waals surface area contributed by atoms with Crippen LogP contribution < -0.4 is 5.32 Å². The van der Waals surface area contributed by atoms with Gasteiger partial charge in [0.05, 0.1) is 11.1 Å². The van der Waals surface area contributed by atoms with Gasteiger partial charge < -0.3 is 10.2 Å². The van der Waals surface area contributed by atoms with Gasteiger partial charge in [0.25, 0.3) is 0 Å². The summed E-state index contributed by atoms with van der Waals surface area (Å²) in [7, 11) is 0. The van der Waals surface area contributed by atoms with Crippen LogP contribution in [0, 0.1) is 11.8 Å². The highest BCUT2D eigenvalue weighted by Crippen LogP contribution is 2.37. The summed E-state index contributed by atoms with van der Waals surface area (Å²) in [5.41, 5.74) is -3.52. The van der Waals surface area contributed by atoms with Crippen LogP contribution in [0.25, 0.3) is 0 Å². The number of rotatable bonds is 4. The van der Waals surface area contributed by atoms with Crippen LogP contribution in [0.4, 0.5) is 32.0 Å². The van der Waals surface area contributed by atoms with Gasteiger partial charge in [-0.1, -0.05) is 19.3 Å². The molecular weight excluding hydrogens is 426 g/mol. The molecule has 2 amide bonds. The minimum Gasteiger partial charge on any atom is -0.342 e. The molecule has 2 aliphatic rings. The fourth-order valence-corrected chi connectivity index (χ4v) is 4.31. The van der Waals surface area contributed by atoms with Crippen molar-refractivity contribution in [1.29, 1.82) is 0 Å². The van der Waals surface area contributed by atoms with Gasteiger partial charge >= 0.3 is 12.4 Å². The largest absolute Gasteiger partial charge is 0.416 e. The zero-order valence-electron chi connectivity index (χ0n) is 16.8. The second kappa shape index (κ2) is 9.08. The number of carbonyl (C=O) groups is 2. The van der Waals surface area contributed by atoms with E-state index in [1.54, 1.807) is 4.90 Å². The molecule has 1 saturated heterocycles. The number of nitrogens with one attached hydrogen (secondary N) is 1. The molecule has 1 saturated carbocycles. The van der Waals surface area contributed by atoms with Crippen molar-refractivity contribution in [2.45, 2.75) is 57.3 Å². The first kappa shape index (κ1) is 23.4. The molecule has 1 aliphatic heterocycles. The number of amides is 2. The van der Waals surface area contributed by atoms with Gasteiger partial charge in [-0.15, -0.1) is 0 Å². The lowest BCUT2D eigenvalue weighted by molar-refractivity contribution is -0.143. The van der Waals surface area contributed by atoms with Crippen molar-refractivity contribution >= 4 is 17.5 Å². The first-order valence-corrected chi connectivity index (χ1v) is 10.3. The van der Waals surface area contributed by atoms with Crippen LogP contribution in [-0.2, 0) is 21.9 Å². The monoisotopic (exact) mass is 450 g/mol. The van der Waals surface area contributed by atoms with Gasteiger partial charge in [-0.25, -0.2) is 0 Å². The molecule has 31 heavy (non-hydrogen) atoms. The van der Waals surface area contributed by atoms with E-state index in [1.807, 2.05) is 0 Å². The maximum Gasteiger partial charge on any atom is 0.416 e. The predicted octanol–water partition coefficient (Wildman–Crippen LogP) is 5.48. The molecule has 1 N–H and O–H groups in total. The van der Waals surface area contributed by atoms with Crippen molar-refractivity contribution in [2.75, 3.05) is 18.4 Å². The smallest absolute Gasteiger partial charge is 0.342 e. The molecule has 0 spiro atoms. The standard InChI is InChI=1S/C21H24F6N2O2/c22-20(23,24)15-9-16(21(25,26)27)11-17(10-15)28-18(30)8-13-6-7-29(12-13)19(31)14-4-2-1-3-5-14/h9-11,13-14H,1-8,12H2,(H,28,30). The number of benzene rings is 1. The van der Waals surface area contributed by atoms with Crippen LogP contribution in [0.5, 0.6) is 0 Å². The third-order valence-electron chi connectivity index (χ3n) is 5.90. The third-order valence-corrected chi connectivity index (χ3v) is 5.90. The second-order valence-corrected chi connectivity index (χ2v) is 8.32. The molecule has 10 heteroatoms. The van der Waals surface area contributed by atoms with E-state index in [9.17, 15) is 35.9 Å². The maximum atomic E-state index is 13.0. The third kappa shape index (κ3) is 6.13. The van der Waals surface area contributed by atoms with E-state index in [4.69, 9.17) is 0 Å². The van der Waals surface area contributed by atoms with Crippen molar-refractivity contribution in [2.24, 2.45) is 11.8 Å². The molecule has 1 atom stereocenters. The van der Waals surface area contributed by atoms with E-state index in [2.05, 4.69) is 5.32 Å². The molecule has 1 aliphatic carbocycles. The first-order chi connectivity index (χ1) is 14.4. The number of carbonyl (C=O) groups excluding carboxylic acids is 2. The quantitative estimate of drug-likeness (QED) is 0.618. The van der Waals surface area contributed by atoms with Gasteiger partial charge in [0, 0.05) is 31.1 Å². The number of halogens is 6. The minimum absolute atomic E-state index is 0.00669. The van der Waals surface area contributed by atoms with E-state index in [0.717, 1.165) is 32.1 Å². The molecule has 0 bridgehead atoms. The van der Waals surface area contributed by atoms with Crippen molar-refractivity contribution in [3.8, 4) is 0 Å². The molecule has 1 aromatic rings. The summed E-state index contributed by atoms with van der Waals surface area (Å²) in [4.78, 5) is 26.6. The van der Waals surface area contributed by atoms with Gasteiger partial charge in [-0.2, -0.15) is 26.3 Å². The van der Waals surface area contributed by atoms with Gasteiger partial charge in [0.2, 0.25) is 11.8 Å². The number of hydrogen-bond donors (Lipinski definition) is 1. The molecule has 1 aromatic carbocycles. The number of hydrogen-bond acceptors (Lipinski definition) is 2. The average molecular weight is 450 g/mol. The molecular formula is C21H24F6N2O2. The van der Waals surface area contributed by atoms with Crippen molar-refractivity contribution in [3.05, 3.63) is 29.3 Å². The van der Waals surface area contributed by atoms with Crippen molar-refractivity contribution in [1.82, 2.24) is 4.90 Å². The van der Waals surface area contributed by atoms with E-state index >= 15 is 0 Å². The van der Waals surface area contributed by atoms with Crippen LogP contribution >= 0.6 is 0 Å². The Morgan fingerprint density at radius 2 is 1.48 bits per heavy atom. The highest BCUT2D eigenvalue weighted by Gasteiger charge is 2.37. The highest BCUT2D eigenvalue weighted by atomic mass is 19.4. The molecule has 4 nitrogen and oxygen atoms in total. The number of alkyl halides is 6. The number of likely N-dealkylation sites (tertiary alicyclic amines) is 1. The Labute approximate surface area is 176 Å². The first-order valence-electron chi connectivity index (χ1n) is 10.3. The van der Waals surface area contributed by atoms with E-state index in [1.165, 1.54) is 0 Å². The fourth-order valence-electron chi connectivity index (χ4n) is 4.31. The van der Waals surface area contributed by atoms with E-state index in [-0.39, 0.29) is 30.2 Å². The summed E-state index contributed by atoms with van der Waals surface area (Å²) >= 11 is 0. The topological polar surface area (TPSA) is 49.4 Å². The van der Waals surface area contributed by atoms with Crippen LogP contribution in [0.1, 0.15) is 56.1 Å². The molecule has 1 unspecified atom stereocenters. The second-order valence-electron chi connectivity index (χ2n) is 8.32. The van der Waals surface area contributed by atoms with Crippen LogP contribution in [0.3, 0.4) is 0 Å². The Hall–Kier alpha value is -2.26. The lowest BCUT2D eigenvalue weighted by Crippen LogP contribution is -2.35. The summed E-state index contributed by atoms with van der Waals surface area (Å²) in [5, 5.41) is 2.16. The summed E-state index contributed by atoms with van der Waals surface area (Å²) in [6, 6.07) is 0.989. The minimum atomic E-state index is -4.98. The predicted molar refractivity (Wildman–Crippen MR) is 101 cm³/mol. The average Bonchev–Trinajstić information content (AvgIpc) is 3.14. The van der Waals surface area contributed by atoms with Crippen LogP contribution in [-0.4, -0.2) is 29.8 Å². The van der Waals surface area contributed by atoms with Gasteiger partial charge in [0.15, 0.2) is 0 Å². The van der Waals surface area contributed by atoms with E-state index in [0.29, 0.717) is 31.6 Å². The Bertz CT molecular complexity index is 783. The molecule has 0 aromatic heterocycles. The van der Waals surface area contributed by atoms with Crippen molar-refractivity contribution < 1.29 is 35.9 Å². The Morgan fingerprint density at radius 1 is 0.903 bits per heavy atom. The van der Waals surface area contributed by atoms with Gasteiger partial charge in [0.1, 0.15) is 0 Å². The zero-order valence-corrected chi connectivity index (χ0v) is 16.8. The molecule has 1 heterocycles. The lowest BCUT2D eigenvalue weighted by atomic mass is 9.88. The highest BCUT2D eigenvalue weighted by molar-refractivity contribution is 5.91.